The van der Waals surface area contributed by atoms with Crippen molar-refractivity contribution in [3.8, 4) is 23.7 Å². The summed E-state index contributed by atoms with van der Waals surface area (Å²) in [5.41, 5.74) is -0.898. The molecule has 0 atom stereocenters. The smallest absolute Gasteiger partial charge is 0.188 e. The molecule has 2 aromatic rings. The summed E-state index contributed by atoms with van der Waals surface area (Å²) in [4.78, 5) is 0. The van der Waals surface area contributed by atoms with Crippen LogP contribution in [0.5, 0.6) is 0 Å². The Morgan fingerprint density at radius 2 is 1.03 bits per heavy atom. The molecular weight excluding hydrogens is 518 g/mol. The Balaban J connectivity index is 2.46. The van der Waals surface area contributed by atoms with Crippen molar-refractivity contribution in [3.05, 3.63) is 47.0 Å². The van der Waals surface area contributed by atoms with Crippen LogP contribution in [0.1, 0.15) is 16.7 Å². The molecule has 0 heterocycles. The van der Waals surface area contributed by atoms with E-state index in [1.54, 1.807) is 0 Å². The van der Waals surface area contributed by atoms with Gasteiger partial charge in [0.15, 0.2) is 0 Å². The molecule has 0 amide bonds. The fraction of sp³-hybridized carbons (Fsp3) is 0.333. The van der Waals surface area contributed by atoms with E-state index < -0.39 is 47.2 Å². The lowest BCUT2D eigenvalue weighted by Crippen LogP contribution is -2.51. The molecule has 0 aliphatic rings. The molecule has 0 unspecified atom stereocenters. The molecule has 35 heavy (non-hydrogen) atoms. The third-order valence-electron chi connectivity index (χ3n) is 4.51. The predicted molar refractivity (Wildman–Crippen MR) is 94.3 cm³/mol. The molecule has 0 aliphatic heterocycles. The van der Waals surface area contributed by atoms with Crippen molar-refractivity contribution < 1.29 is 61.5 Å². The van der Waals surface area contributed by atoms with Gasteiger partial charge in [-0.1, -0.05) is 24.0 Å². The Kier molecular flexibility index (Phi) is 6.82. The van der Waals surface area contributed by atoms with Gasteiger partial charge in [0, 0.05) is 11.1 Å². The average molecular weight is 526 g/mol. The lowest BCUT2D eigenvalue weighted by molar-refractivity contribution is -0.339. The number of hydrogen-bond donors (Lipinski definition) is 0. The molecule has 0 aliphatic carbocycles. The van der Waals surface area contributed by atoms with Crippen LogP contribution in [0.3, 0.4) is 0 Å². The molecule has 0 radical (unpaired) electrons. The second-order valence-electron chi connectivity index (χ2n) is 6.97. The van der Waals surface area contributed by atoms with E-state index in [4.69, 9.17) is 0 Å². The SMILES string of the molecule is Cc1c(C#CC(F)(F)C(F)(F)C(F)(F)F)ccc2cc(C#CC(F)(F)C(F)(F)C(F)(F)F)ccc12. The molecule has 2 aromatic carbocycles. The highest BCUT2D eigenvalue weighted by molar-refractivity contribution is 5.88. The third-order valence-corrected chi connectivity index (χ3v) is 4.51. The minimum absolute atomic E-state index is 0.0328. The van der Waals surface area contributed by atoms with Gasteiger partial charge in [-0.05, 0) is 53.3 Å². The van der Waals surface area contributed by atoms with E-state index in [0.717, 1.165) is 30.3 Å². The van der Waals surface area contributed by atoms with Gasteiger partial charge in [0.25, 0.3) is 0 Å². The Bertz CT molecular complexity index is 1240. The topological polar surface area (TPSA) is 0 Å². The first-order chi connectivity index (χ1) is 15.6. The Hall–Kier alpha value is -3.16. The zero-order valence-corrected chi connectivity index (χ0v) is 16.7. The molecule has 0 aromatic heterocycles. The van der Waals surface area contributed by atoms with Crippen LogP contribution in [0.25, 0.3) is 10.8 Å². The molecule has 0 saturated carbocycles. The first-order valence-corrected chi connectivity index (χ1v) is 8.79. The van der Waals surface area contributed by atoms with Gasteiger partial charge >= 0.3 is 36.0 Å². The molecule has 190 valence electrons. The number of rotatable bonds is 2. The van der Waals surface area contributed by atoms with Crippen molar-refractivity contribution in [2.75, 3.05) is 0 Å². The van der Waals surface area contributed by atoms with Crippen LogP contribution >= 0.6 is 0 Å². The van der Waals surface area contributed by atoms with Crippen molar-refractivity contribution in [2.45, 2.75) is 43.0 Å². The van der Waals surface area contributed by atoms with Gasteiger partial charge < -0.3 is 0 Å². The third kappa shape index (κ3) is 5.11. The van der Waals surface area contributed by atoms with Crippen LogP contribution in [0, 0.1) is 30.6 Å². The van der Waals surface area contributed by atoms with E-state index in [2.05, 4.69) is 0 Å². The van der Waals surface area contributed by atoms with Gasteiger partial charge in [0.05, 0.1) is 0 Å². The van der Waals surface area contributed by atoms with E-state index in [9.17, 15) is 61.5 Å². The Morgan fingerprint density at radius 1 is 0.571 bits per heavy atom. The average Bonchev–Trinajstić information content (AvgIpc) is 2.70. The lowest BCUT2D eigenvalue weighted by Gasteiger charge is -2.24. The monoisotopic (exact) mass is 526 g/mol. The maximum Gasteiger partial charge on any atom is 0.461 e. The van der Waals surface area contributed by atoms with Crippen LogP contribution in [0.4, 0.5) is 61.5 Å². The molecule has 0 spiro atoms. The van der Waals surface area contributed by atoms with E-state index >= 15 is 0 Å². The summed E-state index contributed by atoms with van der Waals surface area (Å²) in [5, 5.41) is 0.138. The predicted octanol–water partition coefficient (Wildman–Crippen LogP) is 7.52. The summed E-state index contributed by atoms with van der Waals surface area (Å²) in [7, 11) is 0. The second-order valence-corrected chi connectivity index (χ2v) is 6.97. The number of benzene rings is 2. The van der Waals surface area contributed by atoms with Crippen molar-refractivity contribution in [3.63, 3.8) is 0 Å². The zero-order valence-electron chi connectivity index (χ0n) is 16.7. The first-order valence-electron chi connectivity index (χ1n) is 8.79. The summed E-state index contributed by atoms with van der Waals surface area (Å²) in [5.74, 6) is -20.3. The normalized spacial score (nSPS) is 13.7. The van der Waals surface area contributed by atoms with Gasteiger partial charge in [-0.2, -0.15) is 61.5 Å². The number of halogens is 14. The van der Waals surface area contributed by atoms with E-state index in [1.165, 1.54) is 18.8 Å². The van der Waals surface area contributed by atoms with Crippen LogP contribution < -0.4 is 0 Å². The summed E-state index contributed by atoms with van der Waals surface area (Å²) in [6.07, 6.45) is -13.2. The van der Waals surface area contributed by atoms with Crippen LogP contribution in [-0.4, -0.2) is 36.0 Å². The maximum atomic E-state index is 13.4. The van der Waals surface area contributed by atoms with Crippen LogP contribution in [-0.2, 0) is 0 Å². The Morgan fingerprint density at radius 3 is 1.49 bits per heavy atom. The van der Waals surface area contributed by atoms with Gasteiger partial charge in [0.2, 0.25) is 0 Å². The first kappa shape index (κ1) is 28.1. The summed E-state index contributed by atoms with van der Waals surface area (Å²) in [6.45, 7) is 1.19. The summed E-state index contributed by atoms with van der Waals surface area (Å²) >= 11 is 0. The number of alkyl halides is 14. The maximum absolute atomic E-state index is 13.4. The van der Waals surface area contributed by atoms with Gasteiger partial charge in [-0.3, -0.25) is 0 Å². The number of hydrogen-bond acceptors (Lipinski definition) is 0. The van der Waals surface area contributed by atoms with Gasteiger partial charge in [0.1, 0.15) is 0 Å². The molecule has 2 rings (SSSR count). The highest BCUT2D eigenvalue weighted by atomic mass is 19.4. The van der Waals surface area contributed by atoms with E-state index in [-0.39, 0.29) is 16.3 Å². The van der Waals surface area contributed by atoms with Crippen molar-refractivity contribution in [2.24, 2.45) is 0 Å². The Labute approximate surface area is 186 Å². The van der Waals surface area contributed by atoms with Crippen molar-refractivity contribution >= 4 is 10.8 Å². The lowest BCUT2D eigenvalue weighted by atomic mass is 9.98. The fourth-order valence-corrected chi connectivity index (χ4v) is 2.51. The molecular formula is C21H8F14. The summed E-state index contributed by atoms with van der Waals surface area (Å²) in [6, 6.07) is 4.80. The number of fused-ring (bicyclic) bond motifs is 1. The van der Waals surface area contributed by atoms with E-state index in [1.807, 2.05) is 0 Å². The highest BCUT2D eigenvalue weighted by Gasteiger charge is 2.73. The van der Waals surface area contributed by atoms with Crippen LogP contribution in [0.15, 0.2) is 30.3 Å². The summed E-state index contributed by atoms with van der Waals surface area (Å²) < 4.78 is 178. The highest BCUT2D eigenvalue weighted by Crippen LogP contribution is 2.47. The number of aryl methyl sites for hydroxylation is 1. The fourth-order valence-electron chi connectivity index (χ4n) is 2.51. The van der Waals surface area contributed by atoms with Crippen molar-refractivity contribution in [1.82, 2.24) is 0 Å². The largest absolute Gasteiger partial charge is 0.461 e. The van der Waals surface area contributed by atoms with Crippen LogP contribution in [0.2, 0.25) is 0 Å². The van der Waals surface area contributed by atoms with E-state index in [0.29, 0.717) is 11.8 Å². The molecule has 0 saturated heterocycles. The quantitative estimate of drug-likeness (QED) is 0.281. The molecule has 14 heteroatoms. The van der Waals surface area contributed by atoms with Gasteiger partial charge in [-0.25, -0.2) is 0 Å². The van der Waals surface area contributed by atoms with Crippen molar-refractivity contribution in [1.29, 1.82) is 0 Å². The minimum Gasteiger partial charge on any atom is -0.188 e. The standard InChI is InChI=1S/C21H8F14/c1-11-13(7-9-17(24,25)19(28,29)21(33,34)35)3-4-14-10-12(2-5-15(11)14)6-8-16(22,23)18(26,27)20(30,31)32/h2-5,10H,1H3. The van der Waals surface area contributed by atoms with Gasteiger partial charge in [-0.15, -0.1) is 0 Å². The second kappa shape index (κ2) is 8.50. The molecule has 0 bridgehead atoms. The molecule has 0 nitrogen and oxygen atoms in total. The molecule has 0 fully saturated rings. The molecule has 0 N–H and O–H groups in total. The zero-order chi connectivity index (χ0) is 27.3. The minimum atomic E-state index is -6.58.